The summed E-state index contributed by atoms with van der Waals surface area (Å²) in [6, 6.07) is 1.27. The third kappa shape index (κ3) is 2.47. The largest absolute Gasteiger partial charge is 0.508 e. The Balaban J connectivity index is 2.94. The molecule has 24 heavy (non-hydrogen) atoms. The Morgan fingerprint density at radius 2 is 1.12 bits per heavy atom. The number of phenolic OH excluding ortho intramolecular Hbond substituents is 2. The van der Waals surface area contributed by atoms with Gasteiger partial charge in [-0.15, -0.1) is 0 Å². The van der Waals surface area contributed by atoms with E-state index < -0.39 is 9.84 Å². The van der Waals surface area contributed by atoms with E-state index in [-0.39, 0.29) is 21.3 Å². The fraction of sp³-hybridized carbons (Fsp3) is 0.368. The van der Waals surface area contributed by atoms with E-state index in [0.29, 0.717) is 22.3 Å². The Bertz CT molecular complexity index is 925. The molecule has 0 aliphatic carbocycles. The Labute approximate surface area is 143 Å². The molecular weight excluding hydrogens is 324 g/mol. The van der Waals surface area contributed by atoms with Gasteiger partial charge in [-0.05, 0) is 93.5 Å². The molecule has 0 heterocycles. The standard InChI is InChI=1S/C19H24O4S/c1-9-10(2)15(7)19(18(21)14(9)6)24(22,23)17-8-16(20)12(4)11(3)13(17)5/h8,20-21H,1-7H3. The van der Waals surface area contributed by atoms with Crippen molar-refractivity contribution in [2.75, 3.05) is 0 Å². The monoisotopic (exact) mass is 348 g/mol. The quantitative estimate of drug-likeness (QED) is 0.857. The molecule has 2 aromatic rings. The maximum absolute atomic E-state index is 13.3. The highest BCUT2D eigenvalue weighted by Crippen LogP contribution is 2.40. The number of hydrogen-bond acceptors (Lipinski definition) is 4. The third-order valence-electron chi connectivity index (χ3n) is 5.30. The molecule has 4 nitrogen and oxygen atoms in total. The molecule has 2 aromatic carbocycles. The van der Waals surface area contributed by atoms with Crippen LogP contribution in [0.1, 0.15) is 38.9 Å². The summed E-state index contributed by atoms with van der Waals surface area (Å²) in [5.74, 6) is -0.276. The van der Waals surface area contributed by atoms with Gasteiger partial charge in [0.1, 0.15) is 16.4 Å². The van der Waals surface area contributed by atoms with Crippen LogP contribution >= 0.6 is 0 Å². The van der Waals surface area contributed by atoms with Crippen LogP contribution in [0.5, 0.6) is 11.5 Å². The van der Waals surface area contributed by atoms with E-state index in [2.05, 4.69) is 0 Å². The van der Waals surface area contributed by atoms with Crippen molar-refractivity contribution in [2.45, 2.75) is 58.3 Å². The lowest BCUT2D eigenvalue weighted by Crippen LogP contribution is -2.10. The highest BCUT2D eigenvalue weighted by atomic mass is 32.2. The van der Waals surface area contributed by atoms with Crippen molar-refractivity contribution in [2.24, 2.45) is 0 Å². The summed E-state index contributed by atoms with van der Waals surface area (Å²) in [7, 11) is -3.96. The molecule has 5 heteroatoms. The summed E-state index contributed by atoms with van der Waals surface area (Å²) in [6.07, 6.45) is 0. The van der Waals surface area contributed by atoms with Crippen LogP contribution in [0.4, 0.5) is 0 Å². The summed E-state index contributed by atoms with van der Waals surface area (Å²) in [5.41, 5.74) is 4.78. The van der Waals surface area contributed by atoms with Crippen molar-refractivity contribution in [3.63, 3.8) is 0 Å². The molecule has 2 rings (SSSR count). The van der Waals surface area contributed by atoms with Gasteiger partial charge in [0.05, 0.1) is 4.90 Å². The van der Waals surface area contributed by atoms with Crippen LogP contribution < -0.4 is 0 Å². The van der Waals surface area contributed by atoms with Gasteiger partial charge in [0, 0.05) is 0 Å². The lowest BCUT2D eigenvalue weighted by molar-refractivity contribution is 0.451. The zero-order valence-corrected chi connectivity index (χ0v) is 16.0. The van der Waals surface area contributed by atoms with Crippen molar-refractivity contribution < 1.29 is 18.6 Å². The van der Waals surface area contributed by atoms with Gasteiger partial charge in [-0.2, -0.15) is 0 Å². The first-order valence-corrected chi connectivity index (χ1v) is 9.25. The van der Waals surface area contributed by atoms with E-state index in [0.717, 1.165) is 16.7 Å². The molecule has 0 unspecified atom stereocenters. The molecule has 0 atom stereocenters. The van der Waals surface area contributed by atoms with Crippen LogP contribution in [0.2, 0.25) is 0 Å². The van der Waals surface area contributed by atoms with Gasteiger partial charge in [0.15, 0.2) is 0 Å². The third-order valence-corrected chi connectivity index (χ3v) is 7.34. The first kappa shape index (κ1) is 18.3. The average molecular weight is 348 g/mol. The Hall–Kier alpha value is -2.01. The van der Waals surface area contributed by atoms with Crippen LogP contribution in [0.25, 0.3) is 0 Å². The fourth-order valence-corrected chi connectivity index (χ4v) is 4.98. The lowest BCUT2D eigenvalue weighted by Gasteiger charge is -2.19. The molecule has 0 bridgehead atoms. The van der Waals surface area contributed by atoms with Gasteiger partial charge in [-0.25, -0.2) is 8.42 Å². The van der Waals surface area contributed by atoms with Crippen molar-refractivity contribution in [1.82, 2.24) is 0 Å². The average Bonchev–Trinajstić information content (AvgIpc) is 2.52. The number of rotatable bonds is 2. The summed E-state index contributed by atoms with van der Waals surface area (Å²) in [4.78, 5) is -0.0435. The number of aromatic hydroxyl groups is 2. The molecule has 2 N–H and O–H groups in total. The van der Waals surface area contributed by atoms with Gasteiger partial charge in [0.2, 0.25) is 9.84 Å². The van der Waals surface area contributed by atoms with Gasteiger partial charge in [-0.3, -0.25) is 0 Å². The topological polar surface area (TPSA) is 74.6 Å². The zero-order chi connectivity index (χ0) is 18.6. The molecule has 0 aliphatic rings. The van der Waals surface area contributed by atoms with Crippen LogP contribution in [0.3, 0.4) is 0 Å². The van der Waals surface area contributed by atoms with Crippen LogP contribution in [-0.4, -0.2) is 18.6 Å². The van der Waals surface area contributed by atoms with E-state index in [1.54, 1.807) is 34.6 Å². The molecule has 0 fully saturated rings. The van der Waals surface area contributed by atoms with E-state index in [1.807, 2.05) is 13.8 Å². The Kier molecular flexibility index (Phi) is 4.44. The summed E-state index contributed by atoms with van der Waals surface area (Å²) < 4.78 is 26.5. The van der Waals surface area contributed by atoms with Gasteiger partial charge in [-0.1, -0.05) is 0 Å². The minimum Gasteiger partial charge on any atom is -0.508 e. The molecule has 0 aliphatic heterocycles. The normalized spacial score (nSPS) is 11.8. The van der Waals surface area contributed by atoms with Crippen LogP contribution in [0, 0.1) is 48.5 Å². The van der Waals surface area contributed by atoms with E-state index in [1.165, 1.54) is 6.07 Å². The second kappa shape index (κ2) is 5.81. The predicted molar refractivity (Wildman–Crippen MR) is 94.8 cm³/mol. The summed E-state index contributed by atoms with van der Waals surface area (Å²) >= 11 is 0. The van der Waals surface area contributed by atoms with Crippen molar-refractivity contribution in [1.29, 1.82) is 0 Å². The highest BCUT2D eigenvalue weighted by Gasteiger charge is 2.30. The molecule has 0 aromatic heterocycles. The molecular formula is C19H24O4S. The summed E-state index contributed by atoms with van der Waals surface area (Å²) in [6.45, 7) is 12.4. The van der Waals surface area contributed by atoms with Gasteiger partial charge in [0.25, 0.3) is 0 Å². The molecule has 130 valence electrons. The summed E-state index contributed by atoms with van der Waals surface area (Å²) in [5, 5.41) is 20.6. The van der Waals surface area contributed by atoms with Crippen molar-refractivity contribution in [3.05, 3.63) is 45.0 Å². The number of benzene rings is 2. The van der Waals surface area contributed by atoms with E-state index in [9.17, 15) is 18.6 Å². The minimum atomic E-state index is -3.96. The maximum Gasteiger partial charge on any atom is 0.210 e. The van der Waals surface area contributed by atoms with Gasteiger partial charge >= 0.3 is 0 Å². The number of hydrogen-bond donors (Lipinski definition) is 2. The smallest absolute Gasteiger partial charge is 0.210 e. The van der Waals surface area contributed by atoms with Gasteiger partial charge < -0.3 is 10.2 Å². The predicted octanol–water partition coefficient (Wildman–Crippen LogP) is 4.09. The van der Waals surface area contributed by atoms with E-state index in [4.69, 9.17) is 0 Å². The Morgan fingerprint density at radius 3 is 1.67 bits per heavy atom. The SMILES string of the molecule is Cc1c(O)cc(S(=O)(=O)c2c(C)c(C)c(C)c(C)c2O)c(C)c1C. The Morgan fingerprint density at radius 1 is 0.667 bits per heavy atom. The first-order valence-electron chi connectivity index (χ1n) is 7.77. The van der Waals surface area contributed by atoms with Crippen LogP contribution in [0.15, 0.2) is 15.9 Å². The first-order chi connectivity index (χ1) is 10.9. The zero-order valence-electron chi connectivity index (χ0n) is 15.2. The highest BCUT2D eigenvalue weighted by molar-refractivity contribution is 7.91. The molecule has 0 amide bonds. The minimum absolute atomic E-state index is 0.0316. The van der Waals surface area contributed by atoms with E-state index >= 15 is 0 Å². The number of phenols is 2. The second-order valence-corrected chi connectivity index (χ2v) is 8.30. The number of sulfone groups is 1. The van der Waals surface area contributed by atoms with Crippen molar-refractivity contribution >= 4 is 9.84 Å². The lowest BCUT2D eigenvalue weighted by atomic mass is 9.98. The molecule has 0 saturated carbocycles. The van der Waals surface area contributed by atoms with Crippen LogP contribution in [-0.2, 0) is 9.84 Å². The second-order valence-electron chi connectivity index (χ2n) is 6.45. The maximum atomic E-state index is 13.3. The molecule has 0 spiro atoms. The molecule has 0 saturated heterocycles. The molecule has 0 radical (unpaired) electrons. The fourth-order valence-electron chi connectivity index (χ4n) is 2.98. The van der Waals surface area contributed by atoms with Crippen molar-refractivity contribution in [3.8, 4) is 11.5 Å².